The first-order chi connectivity index (χ1) is 17.2. The quantitative estimate of drug-likeness (QED) is 0.649. The van der Waals surface area contributed by atoms with Gasteiger partial charge in [0.15, 0.2) is 5.82 Å². The van der Waals surface area contributed by atoms with Gasteiger partial charge in [0.1, 0.15) is 11.3 Å². The van der Waals surface area contributed by atoms with E-state index in [0.717, 1.165) is 6.07 Å². The van der Waals surface area contributed by atoms with E-state index < -0.39 is 18.2 Å². The Kier molecular flexibility index (Phi) is 5.97. The fourth-order valence-electron chi connectivity index (χ4n) is 5.50. The lowest BCUT2D eigenvalue weighted by atomic mass is 10.00. The van der Waals surface area contributed by atoms with Gasteiger partial charge in [-0.2, -0.15) is 13.2 Å². The number of hydrogen-bond acceptors (Lipinski definition) is 6. The third-order valence-electron chi connectivity index (χ3n) is 7.16. The van der Waals surface area contributed by atoms with Gasteiger partial charge in [-0.3, -0.25) is 0 Å². The Morgan fingerprint density at radius 1 is 1.15 bits per heavy atom. The topological polar surface area (TPSA) is 59.5 Å². The predicted molar refractivity (Wildman–Crippen MR) is 123 cm³/mol. The highest BCUT2D eigenvalue weighted by Gasteiger charge is 2.43. The third-order valence-corrected chi connectivity index (χ3v) is 7.16. The summed E-state index contributed by atoms with van der Waals surface area (Å²) in [6, 6.07) is 7.63. The average molecular weight is 479 g/mol. The van der Waals surface area contributed by atoms with Gasteiger partial charge in [0.2, 0.25) is 0 Å². The Balaban J connectivity index is 1.28. The molecule has 0 spiro atoms. The van der Waals surface area contributed by atoms with Crippen LogP contribution in [0.25, 0.3) is 11.3 Å². The summed E-state index contributed by atoms with van der Waals surface area (Å²) in [5.41, 5.74) is -0.314. The van der Waals surface area contributed by atoms with E-state index in [9.17, 15) is 13.2 Å². The highest BCUT2D eigenvalue weighted by atomic mass is 19.4. The number of anilines is 1. The third kappa shape index (κ3) is 5.00. The van der Waals surface area contributed by atoms with Crippen LogP contribution in [0.4, 0.5) is 19.0 Å². The summed E-state index contributed by atoms with van der Waals surface area (Å²) in [5.74, 6) is 0.598. The number of fused-ring (bicyclic) bond motifs is 1. The monoisotopic (exact) mass is 478 g/mol. The zero-order valence-electron chi connectivity index (χ0n) is 21.1. The van der Waals surface area contributed by atoms with Crippen LogP contribution >= 0.6 is 0 Å². The van der Waals surface area contributed by atoms with Crippen molar-refractivity contribution in [2.24, 2.45) is 17.8 Å². The van der Waals surface area contributed by atoms with Gasteiger partial charge in [0, 0.05) is 47.1 Å². The fraction of sp³-hybridized carbons (Fsp3) is 0.600. The summed E-state index contributed by atoms with van der Waals surface area (Å²) in [7, 11) is 1.46. The van der Waals surface area contributed by atoms with Crippen LogP contribution < -0.4 is 10.1 Å². The van der Waals surface area contributed by atoms with Crippen molar-refractivity contribution in [3.05, 3.63) is 35.9 Å². The first-order valence-corrected chi connectivity index (χ1v) is 11.8. The molecule has 2 saturated heterocycles. The Hall–Kier alpha value is -2.39. The largest absolute Gasteiger partial charge is 0.496 e. The molecule has 3 aliphatic rings. The molecule has 34 heavy (non-hydrogen) atoms. The van der Waals surface area contributed by atoms with Crippen molar-refractivity contribution < 1.29 is 25.4 Å². The normalized spacial score (nSPS) is 27.2. The smallest absolute Gasteiger partial charge is 0.420 e. The Labute approximate surface area is 200 Å². The molecular weight excluding hydrogens is 445 g/mol. The van der Waals surface area contributed by atoms with Crippen LogP contribution in [-0.2, 0) is 10.9 Å². The standard InChI is InChI=1S/C25H31F3N4O2/c1-33-23-5-3-2-4-20(23)22-12-21(25(26,27)28)24(31-30-22)29-19-10-17-14-32(15-18(17)11-19)13-16-6-8-34-9-7-16/h2-5,12,16-19H,6-11,13-15H2,1H3,(H,29,31)/t17-,18+,19?/i13D2. The summed E-state index contributed by atoms with van der Waals surface area (Å²) >= 11 is 0. The minimum atomic E-state index is -4.60. The molecule has 1 aliphatic carbocycles. The molecule has 0 radical (unpaired) electrons. The summed E-state index contributed by atoms with van der Waals surface area (Å²) in [6.07, 6.45) is -1.81. The van der Waals surface area contributed by atoms with Gasteiger partial charge in [0.25, 0.3) is 0 Å². The van der Waals surface area contributed by atoms with E-state index in [1.807, 2.05) is 4.90 Å². The number of aromatic nitrogens is 2. The molecule has 1 unspecified atom stereocenters. The number of alkyl halides is 3. The predicted octanol–water partition coefficient (Wildman–Crippen LogP) is 4.72. The van der Waals surface area contributed by atoms with Crippen molar-refractivity contribution in [3.8, 4) is 17.0 Å². The van der Waals surface area contributed by atoms with E-state index >= 15 is 0 Å². The van der Waals surface area contributed by atoms with Crippen LogP contribution in [0.2, 0.25) is 0 Å². The lowest BCUT2D eigenvalue weighted by molar-refractivity contribution is -0.137. The molecule has 0 amide bonds. The summed E-state index contributed by atoms with van der Waals surface area (Å²) in [6.45, 7) is 1.04. The van der Waals surface area contributed by atoms with E-state index in [1.54, 1.807) is 24.3 Å². The maximum Gasteiger partial charge on any atom is 0.420 e. The second kappa shape index (κ2) is 9.70. The summed E-state index contributed by atoms with van der Waals surface area (Å²) in [4.78, 5) is 1.94. The van der Waals surface area contributed by atoms with Gasteiger partial charge in [-0.25, -0.2) is 0 Å². The number of hydrogen-bond donors (Lipinski definition) is 1. The molecule has 6 nitrogen and oxygen atoms in total. The Morgan fingerprint density at radius 3 is 2.53 bits per heavy atom. The van der Waals surface area contributed by atoms with E-state index in [0.29, 0.717) is 63.3 Å². The molecule has 3 fully saturated rings. The molecule has 1 saturated carbocycles. The van der Waals surface area contributed by atoms with Crippen molar-refractivity contribution in [3.63, 3.8) is 0 Å². The molecule has 9 heteroatoms. The van der Waals surface area contributed by atoms with Gasteiger partial charge >= 0.3 is 6.18 Å². The lowest BCUT2D eigenvalue weighted by Crippen LogP contribution is -2.32. The number of benzene rings is 1. The van der Waals surface area contributed by atoms with Crippen LogP contribution in [0.15, 0.2) is 30.3 Å². The van der Waals surface area contributed by atoms with Crippen LogP contribution in [0, 0.1) is 17.8 Å². The number of halogens is 3. The van der Waals surface area contributed by atoms with Crippen LogP contribution in [0.1, 0.15) is 34.0 Å². The minimum Gasteiger partial charge on any atom is -0.496 e. The second-order valence-electron chi connectivity index (χ2n) is 9.44. The molecule has 184 valence electrons. The first kappa shape index (κ1) is 20.9. The maximum absolute atomic E-state index is 14.0. The minimum absolute atomic E-state index is 0.0506. The summed E-state index contributed by atoms with van der Waals surface area (Å²) in [5, 5.41) is 11.0. The molecule has 1 aromatic carbocycles. The van der Waals surface area contributed by atoms with Gasteiger partial charge in [-0.15, -0.1) is 10.2 Å². The summed E-state index contributed by atoms with van der Waals surface area (Å²) < 4.78 is 70.1. The van der Waals surface area contributed by atoms with E-state index in [1.165, 1.54) is 7.11 Å². The number of rotatable bonds is 6. The molecule has 2 aliphatic heterocycles. The van der Waals surface area contributed by atoms with Crippen LogP contribution in [0.5, 0.6) is 5.75 Å². The molecule has 2 aromatic rings. The van der Waals surface area contributed by atoms with Crippen LogP contribution in [-0.4, -0.2) is 61.0 Å². The van der Waals surface area contributed by atoms with Gasteiger partial charge in [-0.05, 0) is 61.6 Å². The zero-order chi connectivity index (χ0) is 25.5. The van der Waals surface area contributed by atoms with Crippen molar-refractivity contribution >= 4 is 5.82 Å². The lowest BCUT2D eigenvalue weighted by Gasteiger charge is -2.28. The van der Waals surface area contributed by atoms with Gasteiger partial charge < -0.3 is 19.7 Å². The van der Waals surface area contributed by atoms with Crippen molar-refractivity contribution in [2.75, 3.05) is 45.2 Å². The fourth-order valence-corrected chi connectivity index (χ4v) is 5.50. The number of nitrogens with one attached hydrogen (secondary N) is 1. The maximum atomic E-state index is 14.0. The highest BCUT2D eigenvalue weighted by molar-refractivity contribution is 5.68. The van der Waals surface area contributed by atoms with Crippen LogP contribution in [0.3, 0.4) is 0 Å². The SMILES string of the molecule is [2H]C([2H])(C1CCOCC1)N1C[C@H]2CC(Nc3nnc(-c4ccccc4OC)cc3C(F)(F)F)C[C@H]2C1. The molecule has 0 bridgehead atoms. The average Bonchev–Trinajstić information content (AvgIpc) is 3.43. The Morgan fingerprint density at radius 2 is 1.85 bits per heavy atom. The number of nitrogens with zero attached hydrogens (tertiary/aromatic N) is 3. The van der Waals surface area contributed by atoms with Crippen molar-refractivity contribution in [2.45, 2.75) is 37.9 Å². The molecule has 3 heterocycles. The first-order valence-electron chi connectivity index (χ1n) is 12.8. The van der Waals surface area contributed by atoms with E-state index in [-0.39, 0.29) is 35.3 Å². The highest BCUT2D eigenvalue weighted by Crippen LogP contribution is 2.42. The second-order valence-corrected chi connectivity index (χ2v) is 9.44. The van der Waals surface area contributed by atoms with Crippen molar-refractivity contribution in [1.29, 1.82) is 0 Å². The van der Waals surface area contributed by atoms with Gasteiger partial charge in [0.05, 0.1) is 12.8 Å². The number of likely N-dealkylation sites (tertiary alicyclic amines) is 1. The Bertz CT molecular complexity index is 1070. The van der Waals surface area contributed by atoms with Gasteiger partial charge in [-0.1, -0.05) is 12.1 Å². The molecule has 3 atom stereocenters. The zero-order valence-corrected chi connectivity index (χ0v) is 19.1. The molecule has 1 N–H and O–H groups in total. The van der Waals surface area contributed by atoms with E-state index in [2.05, 4.69) is 15.5 Å². The molecule has 5 rings (SSSR count). The number of para-hydroxylation sites is 1. The molecular formula is C25H31F3N4O2. The van der Waals surface area contributed by atoms with E-state index in [4.69, 9.17) is 12.2 Å². The van der Waals surface area contributed by atoms with Crippen molar-refractivity contribution in [1.82, 2.24) is 15.1 Å². The number of methoxy groups -OCH3 is 1. The molecule has 1 aromatic heterocycles. The number of ether oxygens (including phenoxy) is 2.